The van der Waals surface area contributed by atoms with Crippen molar-refractivity contribution in [3.63, 3.8) is 0 Å². The van der Waals surface area contributed by atoms with Crippen LogP contribution in [0.5, 0.6) is 11.5 Å². The molecule has 3 rings (SSSR count). The van der Waals surface area contributed by atoms with Gasteiger partial charge >= 0.3 is 12.0 Å². The highest BCUT2D eigenvalue weighted by Gasteiger charge is 2.41. The van der Waals surface area contributed by atoms with Gasteiger partial charge in [0.1, 0.15) is 17.0 Å². The van der Waals surface area contributed by atoms with Crippen molar-refractivity contribution in [3.8, 4) is 11.5 Å². The number of urea groups is 1. The lowest BCUT2D eigenvalue weighted by atomic mass is 9.93. The van der Waals surface area contributed by atoms with Crippen molar-refractivity contribution in [2.24, 2.45) is 0 Å². The average molecular weight is 424 g/mol. The van der Waals surface area contributed by atoms with Gasteiger partial charge in [0, 0.05) is 0 Å². The number of hydrogen-bond acceptors (Lipinski definition) is 5. The van der Waals surface area contributed by atoms with Gasteiger partial charge in [-0.1, -0.05) is 38.1 Å². The van der Waals surface area contributed by atoms with Crippen molar-refractivity contribution in [2.45, 2.75) is 52.0 Å². The van der Waals surface area contributed by atoms with Crippen LogP contribution in [0.25, 0.3) is 0 Å². The highest BCUT2D eigenvalue weighted by molar-refractivity contribution is 6.06. The fourth-order valence-corrected chi connectivity index (χ4v) is 3.42. The lowest BCUT2D eigenvalue weighted by Gasteiger charge is -2.20. The number of imide groups is 1. The lowest BCUT2D eigenvalue weighted by Crippen LogP contribution is -2.43. The maximum absolute atomic E-state index is 12.2. The van der Waals surface area contributed by atoms with Crippen molar-refractivity contribution >= 4 is 17.9 Å². The molecule has 1 aliphatic heterocycles. The van der Waals surface area contributed by atoms with E-state index >= 15 is 0 Å². The molecular formula is C24H28N2O5. The van der Waals surface area contributed by atoms with Crippen LogP contribution in [0.2, 0.25) is 0 Å². The Morgan fingerprint density at radius 1 is 1.10 bits per heavy atom. The van der Waals surface area contributed by atoms with Crippen LogP contribution >= 0.6 is 0 Å². The van der Waals surface area contributed by atoms with E-state index in [0.29, 0.717) is 24.3 Å². The average Bonchev–Trinajstić information content (AvgIpc) is 2.97. The van der Waals surface area contributed by atoms with E-state index < -0.39 is 17.5 Å². The third-order valence-corrected chi connectivity index (χ3v) is 5.32. The summed E-state index contributed by atoms with van der Waals surface area (Å²) >= 11 is 0. The Balaban J connectivity index is 1.52. The number of carbonyl (C=O) groups is 3. The summed E-state index contributed by atoms with van der Waals surface area (Å²) in [5, 5.41) is 4.90. The van der Waals surface area contributed by atoms with Gasteiger partial charge in [0.05, 0.1) is 0 Å². The number of ether oxygens (including phenoxy) is 2. The van der Waals surface area contributed by atoms with Crippen LogP contribution in [0.15, 0.2) is 42.5 Å². The zero-order chi connectivity index (χ0) is 22.6. The van der Waals surface area contributed by atoms with E-state index in [-0.39, 0.29) is 18.4 Å². The summed E-state index contributed by atoms with van der Waals surface area (Å²) < 4.78 is 11.1. The minimum absolute atomic E-state index is 0.182. The summed E-state index contributed by atoms with van der Waals surface area (Å²) in [6, 6.07) is 12.6. The van der Waals surface area contributed by atoms with Crippen LogP contribution in [0.3, 0.4) is 0 Å². The Labute approximate surface area is 182 Å². The molecule has 7 heteroatoms. The number of benzene rings is 2. The first-order chi connectivity index (χ1) is 14.7. The predicted octanol–water partition coefficient (Wildman–Crippen LogP) is 3.63. The largest absolute Gasteiger partial charge is 0.482 e. The summed E-state index contributed by atoms with van der Waals surface area (Å²) in [4.78, 5) is 35.4. The van der Waals surface area contributed by atoms with Gasteiger partial charge in [0.15, 0.2) is 6.61 Å². The Morgan fingerprint density at radius 2 is 1.81 bits per heavy atom. The summed E-state index contributed by atoms with van der Waals surface area (Å²) in [5.41, 5.74) is 2.16. The molecule has 0 radical (unpaired) electrons. The fourth-order valence-electron chi connectivity index (χ4n) is 3.42. The zero-order valence-corrected chi connectivity index (χ0v) is 18.3. The van der Waals surface area contributed by atoms with Gasteiger partial charge in [-0.15, -0.1) is 0 Å². The molecule has 0 saturated carbocycles. The van der Waals surface area contributed by atoms with E-state index in [1.165, 1.54) is 0 Å². The minimum atomic E-state index is -0.913. The van der Waals surface area contributed by atoms with E-state index in [2.05, 4.69) is 24.5 Å². The molecule has 164 valence electrons. The van der Waals surface area contributed by atoms with Gasteiger partial charge in [0.2, 0.25) is 0 Å². The number of rotatable bonds is 8. The summed E-state index contributed by atoms with van der Waals surface area (Å²) in [6.07, 6.45) is 1.05. The van der Waals surface area contributed by atoms with Crippen LogP contribution in [-0.4, -0.2) is 30.1 Å². The van der Waals surface area contributed by atoms with Crippen molar-refractivity contribution in [1.29, 1.82) is 0 Å². The molecular weight excluding hydrogens is 396 g/mol. The number of hydrogen-bond donors (Lipinski definition) is 2. The lowest BCUT2D eigenvalue weighted by molar-refractivity contribution is -0.136. The molecule has 0 aromatic heterocycles. The molecule has 0 spiro atoms. The normalized spacial score (nSPS) is 18.0. The monoisotopic (exact) mass is 424 g/mol. The smallest absolute Gasteiger partial charge is 0.349 e. The zero-order valence-electron chi connectivity index (χ0n) is 18.3. The number of carbonyl (C=O) groups excluding carboxylic acids is 3. The van der Waals surface area contributed by atoms with E-state index in [4.69, 9.17) is 9.47 Å². The van der Waals surface area contributed by atoms with Crippen molar-refractivity contribution < 1.29 is 23.9 Å². The van der Waals surface area contributed by atoms with Gasteiger partial charge in [-0.3, -0.25) is 10.1 Å². The molecule has 7 nitrogen and oxygen atoms in total. The van der Waals surface area contributed by atoms with Crippen LogP contribution in [0.1, 0.15) is 49.8 Å². The van der Waals surface area contributed by atoms with Crippen molar-refractivity contribution in [2.75, 3.05) is 6.61 Å². The molecule has 2 N–H and O–H groups in total. The van der Waals surface area contributed by atoms with Gasteiger partial charge in [-0.2, -0.15) is 0 Å². The molecule has 1 heterocycles. The first-order valence-corrected chi connectivity index (χ1v) is 10.3. The number of nitrogens with one attached hydrogen (secondary N) is 2. The van der Waals surface area contributed by atoms with Crippen molar-refractivity contribution in [1.82, 2.24) is 10.6 Å². The minimum Gasteiger partial charge on any atom is -0.482 e. The Hall–Kier alpha value is -3.35. The molecule has 1 atom stereocenters. The molecule has 2 aromatic rings. The maximum Gasteiger partial charge on any atom is 0.349 e. The molecule has 1 saturated heterocycles. The van der Waals surface area contributed by atoms with Crippen LogP contribution in [-0.2, 0) is 16.0 Å². The van der Waals surface area contributed by atoms with Gasteiger partial charge in [-0.25, -0.2) is 9.59 Å². The van der Waals surface area contributed by atoms with Gasteiger partial charge in [-0.05, 0) is 67.5 Å². The number of esters is 1. The molecule has 0 unspecified atom stereocenters. The van der Waals surface area contributed by atoms with Crippen molar-refractivity contribution in [3.05, 3.63) is 59.2 Å². The third-order valence-electron chi connectivity index (χ3n) is 5.32. The standard InChI is InChI=1S/C24H28N2O5/c1-15(2)19-10-5-16(3)13-20(19)30-14-21(27)31-18-8-6-17(7-9-18)11-12-24(4)22(28)25-23(29)26-24/h5-10,13,15H,11-12,14H2,1-4H3,(H2,25,26,28,29)/t24-/m1/s1. The van der Waals surface area contributed by atoms with E-state index in [0.717, 1.165) is 16.7 Å². The molecule has 31 heavy (non-hydrogen) atoms. The molecule has 0 aliphatic carbocycles. The second-order valence-corrected chi connectivity index (χ2v) is 8.34. The quantitative estimate of drug-likeness (QED) is 0.383. The molecule has 2 aromatic carbocycles. The second-order valence-electron chi connectivity index (χ2n) is 8.34. The van der Waals surface area contributed by atoms with E-state index in [9.17, 15) is 14.4 Å². The number of aryl methyl sites for hydroxylation is 2. The Bertz CT molecular complexity index is 984. The third kappa shape index (κ3) is 5.63. The molecule has 0 bridgehead atoms. The highest BCUT2D eigenvalue weighted by atomic mass is 16.6. The second kappa shape index (κ2) is 9.20. The van der Waals surface area contributed by atoms with E-state index in [1.54, 1.807) is 19.1 Å². The van der Waals surface area contributed by atoms with Crippen LogP contribution < -0.4 is 20.1 Å². The number of amides is 3. The van der Waals surface area contributed by atoms with Crippen LogP contribution in [0, 0.1) is 6.92 Å². The highest BCUT2D eigenvalue weighted by Crippen LogP contribution is 2.27. The first-order valence-electron chi connectivity index (χ1n) is 10.3. The first kappa shape index (κ1) is 22.3. The summed E-state index contributed by atoms with van der Waals surface area (Å²) in [7, 11) is 0. The fraction of sp³-hybridized carbons (Fsp3) is 0.375. The summed E-state index contributed by atoms with van der Waals surface area (Å²) in [6.45, 7) is 7.64. The Kier molecular flexibility index (Phi) is 6.63. The maximum atomic E-state index is 12.2. The van der Waals surface area contributed by atoms with Gasteiger partial charge < -0.3 is 14.8 Å². The molecule has 1 fully saturated rings. The molecule has 1 aliphatic rings. The molecule has 3 amide bonds. The summed E-state index contributed by atoms with van der Waals surface area (Å²) in [5.74, 6) is 0.590. The predicted molar refractivity (Wildman–Crippen MR) is 116 cm³/mol. The van der Waals surface area contributed by atoms with E-state index in [1.807, 2.05) is 37.3 Å². The topological polar surface area (TPSA) is 93.7 Å². The SMILES string of the molecule is Cc1ccc(C(C)C)c(OCC(=O)Oc2ccc(CC[C@@]3(C)NC(=O)NC3=O)cc2)c1. The Morgan fingerprint density at radius 3 is 2.42 bits per heavy atom. The van der Waals surface area contributed by atoms with Gasteiger partial charge in [0.25, 0.3) is 5.91 Å². The van der Waals surface area contributed by atoms with Crippen LogP contribution in [0.4, 0.5) is 4.79 Å².